The highest BCUT2D eigenvalue weighted by molar-refractivity contribution is 6.74. The maximum Gasteiger partial charge on any atom is 0.508 e. The van der Waals surface area contributed by atoms with Crippen molar-refractivity contribution in [2.24, 2.45) is 22.7 Å². The smallest absolute Gasteiger partial charge is 0.435 e. The van der Waals surface area contributed by atoms with E-state index in [0.717, 1.165) is 0 Å². The fourth-order valence-corrected chi connectivity index (χ4v) is 9.37. The summed E-state index contributed by atoms with van der Waals surface area (Å²) in [6.07, 6.45) is 0.928. The SMILES string of the molecule is C=CC(=O)[C@H]1[C@H]2C(C)(C)CC[C@H](O[Si](C)(C)C(C)(C)C)[C@]2(C)[C@@]2(O)C(=O)C[C@](C)(C=C)O[C@]2(C)[C@H]1OC(=O)OCC. The molecular weight excluding hydrogens is 540 g/mol. The first-order valence-corrected chi connectivity index (χ1v) is 17.7. The standard InChI is InChI=1S/C32H52O8Si/c1-14-20(33)23-24-28(7,8)18-17-22(39-41(12,13)27(4,5)6)30(24,10)32(36)21(34)19-29(9,15-2)40-31(32,11)25(23)38-26(35)37-16-3/h14-15,22-25,36H,1-2,16-19H2,3-13H3/t22-,23-,24-,25-,29-,30-,31+,32-/m0/s1. The minimum absolute atomic E-state index is 0.0475. The van der Waals surface area contributed by atoms with Crippen LogP contribution in [0.4, 0.5) is 4.79 Å². The van der Waals surface area contributed by atoms with Crippen molar-refractivity contribution in [2.75, 3.05) is 6.61 Å². The molecular formula is C32H52O8Si. The summed E-state index contributed by atoms with van der Waals surface area (Å²) in [4.78, 5) is 41.4. The average molecular weight is 593 g/mol. The van der Waals surface area contributed by atoms with E-state index >= 15 is 0 Å². The van der Waals surface area contributed by atoms with Gasteiger partial charge in [0.05, 0.1) is 24.2 Å². The quantitative estimate of drug-likeness (QED) is 0.162. The number of fused-ring (bicyclic) bond motifs is 3. The van der Waals surface area contributed by atoms with Gasteiger partial charge in [-0.15, -0.1) is 6.58 Å². The zero-order valence-electron chi connectivity index (χ0n) is 27.0. The van der Waals surface area contributed by atoms with Crippen LogP contribution in [0, 0.1) is 22.7 Å². The normalized spacial score (nSPS) is 40.5. The Kier molecular flexibility index (Phi) is 8.56. The summed E-state index contributed by atoms with van der Waals surface area (Å²) in [5, 5.41) is 13.0. The summed E-state index contributed by atoms with van der Waals surface area (Å²) < 4.78 is 24.9. The van der Waals surface area contributed by atoms with Crippen molar-refractivity contribution in [3.05, 3.63) is 25.3 Å². The number of carbonyl (C=O) groups is 3. The lowest BCUT2D eigenvalue weighted by atomic mass is 9.37. The van der Waals surface area contributed by atoms with Crippen molar-refractivity contribution in [3.63, 3.8) is 0 Å². The molecule has 1 aliphatic heterocycles. The van der Waals surface area contributed by atoms with Crippen LogP contribution in [0.2, 0.25) is 18.1 Å². The number of Topliss-reactive ketones (excluding diaryl/α,β-unsaturated/α-hetero) is 1. The van der Waals surface area contributed by atoms with Crippen LogP contribution in [0.25, 0.3) is 0 Å². The Labute approximate surface area is 247 Å². The second-order valence-corrected chi connectivity index (χ2v) is 19.8. The molecule has 0 spiro atoms. The van der Waals surface area contributed by atoms with Gasteiger partial charge < -0.3 is 23.7 Å². The zero-order valence-corrected chi connectivity index (χ0v) is 28.0. The number of rotatable bonds is 7. The third-order valence-electron chi connectivity index (χ3n) is 11.0. The molecule has 9 heteroatoms. The first kappa shape index (κ1) is 33.7. The lowest BCUT2D eigenvalue weighted by molar-refractivity contribution is -0.358. The molecule has 0 aromatic carbocycles. The summed E-state index contributed by atoms with van der Waals surface area (Å²) in [7, 11) is -2.43. The Morgan fingerprint density at radius 2 is 1.73 bits per heavy atom. The van der Waals surface area contributed by atoms with Gasteiger partial charge in [0.25, 0.3) is 0 Å². The van der Waals surface area contributed by atoms with E-state index in [-0.39, 0.29) is 23.8 Å². The number of allylic oxidation sites excluding steroid dienone is 1. The highest BCUT2D eigenvalue weighted by atomic mass is 28.4. The molecule has 0 aromatic heterocycles. The number of carbonyl (C=O) groups excluding carboxylic acids is 3. The number of aliphatic hydroxyl groups is 1. The van der Waals surface area contributed by atoms with Gasteiger partial charge in [-0.1, -0.05) is 54.2 Å². The van der Waals surface area contributed by atoms with E-state index in [2.05, 4.69) is 47.0 Å². The first-order chi connectivity index (χ1) is 18.5. The van der Waals surface area contributed by atoms with Crippen molar-refractivity contribution in [1.82, 2.24) is 0 Å². The highest BCUT2D eigenvalue weighted by Crippen LogP contribution is 2.69. The predicted molar refractivity (Wildman–Crippen MR) is 160 cm³/mol. The summed E-state index contributed by atoms with van der Waals surface area (Å²) in [6, 6.07) is 0. The van der Waals surface area contributed by atoms with Gasteiger partial charge in [0.1, 0.15) is 11.7 Å². The Balaban J connectivity index is 2.44. The van der Waals surface area contributed by atoms with Gasteiger partial charge in [0.2, 0.25) is 0 Å². The second-order valence-electron chi connectivity index (χ2n) is 15.0. The molecule has 8 nitrogen and oxygen atoms in total. The minimum atomic E-state index is -2.43. The molecule has 0 amide bonds. The fourth-order valence-electron chi connectivity index (χ4n) is 7.94. The molecule has 41 heavy (non-hydrogen) atoms. The van der Waals surface area contributed by atoms with Crippen molar-refractivity contribution in [3.8, 4) is 0 Å². The Morgan fingerprint density at radius 3 is 2.22 bits per heavy atom. The van der Waals surface area contributed by atoms with Crippen LogP contribution in [0.3, 0.4) is 0 Å². The molecule has 1 saturated heterocycles. The van der Waals surface area contributed by atoms with Crippen molar-refractivity contribution >= 4 is 26.0 Å². The topological polar surface area (TPSA) is 108 Å². The molecule has 3 fully saturated rings. The summed E-state index contributed by atoms with van der Waals surface area (Å²) in [6.45, 7) is 29.3. The Hall–Kier alpha value is -1.81. The minimum Gasteiger partial charge on any atom is -0.435 e. The molecule has 3 rings (SSSR count). The van der Waals surface area contributed by atoms with Gasteiger partial charge >= 0.3 is 6.16 Å². The molecule has 232 valence electrons. The largest absolute Gasteiger partial charge is 0.508 e. The molecule has 0 aromatic rings. The van der Waals surface area contributed by atoms with E-state index in [9.17, 15) is 19.5 Å². The number of hydrogen-bond acceptors (Lipinski definition) is 8. The van der Waals surface area contributed by atoms with Crippen LogP contribution in [-0.4, -0.2) is 66.8 Å². The second kappa shape index (κ2) is 10.4. The van der Waals surface area contributed by atoms with E-state index in [1.54, 1.807) is 20.8 Å². The van der Waals surface area contributed by atoms with Gasteiger partial charge in [-0.05, 0) is 69.2 Å². The van der Waals surface area contributed by atoms with Crippen LogP contribution in [0.5, 0.6) is 0 Å². The zero-order chi connectivity index (χ0) is 31.6. The van der Waals surface area contributed by atoms with Gasteiger partial charge in [-0.3, -0.25) is 9.59 Å². The molecule has 3 aliphatic rings. The molecule has 1 N–H and O–H groups in total. The number of hydrogen-bond donors (Lipinski definition) is 1. The molecule has 2 saturated carbocycles. The number of ether oxygens (including phenoxy) is 3. The molecule has 2 aliphatic carbocycles. The predicted octanol–water partition coefficient (Wildman–Crippen LogP) is 6.17. The Bertz CT molecular complexity index is 1110. The third kappa shape index (κ3) is 4.88. The maximum absolute atomic E-state index is 14.5. The van der Waals surface area contributed by atoms with Crippen LogP contribution >= 0.6 is 0 Å². The molecule has 8 atom stereocenters. The van der Waals surface area contributed by atoms with E-state index in [1.165, 1.54) is 12.2 Å². The van der Waals surface area contributed by atoms with Crippen LogP contribution < -0.4 is 0 Å². The van der Waals surface area contributed by atoms with Gasteiger partial charge in [0.15, 0.2) is 25.5 Å². The Morgan fingerprint density at radius 1 is 1.15 bits per heavy atom. The van der Waals surface area contributed by atoms with Gasteiger partial charge in [-0.2, -0.15) is 0 Å². The third-order valence-corrected chi connectivity index (χ3v) is 15.5. The van der Waals surface area contributed by atoms with Gasteiger partial charge in [0, 0.05) is 11.8 Å². The summed E-state index contributed by atoms with van der Waals surface area (Å²) in [5.41, 5.74) is -7.07. The molecule has 0 bridgehead atoms. The average Bonchev–Trinajstić information content (AvgIpc) is 2.84. The fraction of sp³-hybridized carbons (Fsp3) is 0.781. The van der Waals surface area contributed by atoms with Crippen molar-refractivity contribution < 1.29 is 38.1 Å². The van der Waals surface area contributed by atoms with E-state index < -0.39 is 71.9 Å². The lowest BCUT2D eigenvalue weighted by Crippen LogP contribution is -2.86. The molecule has 1 heterocycles. The van der Waals surface area contributed by atoms with Crippen molar-refractivity contribution in [1.29, 1.82) is 0 Å². The summed E-state index contributed by atoms with van der Waals surface area (Å²) in [5.74, 6) is -2.44. The van der Waals surface area contributed by atoms with Gasteiger partial charge in [-0.25, -0.2) is 4.79 Å². The van der Waals surface area contributed by atoms with E-state index in [1.807, 2.05) is 20.8 Å². The van der Waals surface area contributed by atoms with Crippen LogP contribution in [0.1, 0.15) is 81.6 Å². The van der Waals surface area contributed by atoms with Crippen molar-refractivity contribution in [2.45, 2.75) is 129 Å². The first-order valence-electron chi connectivity index (χ1n) is 14.8. The van der Waals surface area contributed by atoms with E-state index in [0.29, 0.717) is 12.8 Å². The van der Waals surface area contributed by atoms with E-state index in [4.69, 9.17) is 18.6 Å². The lowest BCUT2D eigenvalue weighted by Gasteiger charge is -2.72. The monoisotopic (exact) mass is 592 g/mol. The van der Waals surface area contributed by atoms with Crippen LogP contribution in [0.15, 0.2) is 25.3 Å². The summed E-state index contributed by atoms with van der Waals surface area (Å²) >= 11 is 0. The maximum atomic E-state index is 14.5. The highest BCUT2D eigenvalue weighted by Gasteiger charge is 2.82. The molecule has 0 radical (unpaired) electrons. The number of ketones is 2. The van der Waals surface area contributed by atoms with Crippen LogP contribution in [-0.2, 0) is 28.2 Å². The molecule has 0 unspecified atom stereocenters.